The zero-order valence-electron chi connectivity index (χ0n) is 11.3. The second-order valence-corrected chi connectivity index (χ2v) is 7.33. The van der Waals surface area contributed by atoms with E-state index in [2.05, 4.69) is 22.9 Å². The van der Waals surface area contributed by atoms with Gasteiger partial charge in [-0.1, -0.05) is 35.3 Å². The van der Waals surface area contributed by atoms with Gasteiger partial charge in [-0.3, -0.25) is 4.79 Å². The number of likely N-dealkylation sites (tertiary alicyclic amines) is 1. The van der Waals surface area contributed by atoms with Crippen LogP contribution in [0, 0.1) is 0 Å². The molecule has 1 aromatic carbocycles. The highest BCUT2D eigenvalue weighted by atomic mass is 79.9. The zero-order chi connectivity index (χ0) is 13.7. The summed E-state index contributed by atoms with van der Waals surface area (Å²) >= 11 is 5.41. The van der Waals surface area contributed by atoms with Crippen LogP contribution >= 0.6 is 27.7 Å². The number of hydrogen-bond donors (Lipinski definition) is 0. The van der Waals surface area contributed by atoms with Crippen LogP contribution in [0.1, 0.15) is 36.5 Å². The summed E-state index contributed by atoms with van der Waals surface area (Å²) in [6, 6.07) is 7.69. The van der Waals surface area contributed by atoms with Gasteiger partial charge in [-0.15, -0.1) is 0 Å². The number of halogens is 1. The molecule has 1 aromatic rings. The Morgan fingerprint density at radius 1 is 1.47 bits per heavy atom. The summed E-state index contributed by atoms with van der Waals surface area (Å²) < 4.78 is 0.965. The van der Waals surface area contributed by atoms with Gasteiger partial charge in [-0.25, -0.2) is 0 Å². The van der Waals surface area contributed by atoms with Crippen LogP contribution in [0.25, 0.3) is 0 Å². The third-order valence-corrected chi connectivity index (χ3v) is 5.07. The molecule has 1 unspecified atom stereocenters. The topological polar surface area (TPSA) is 20.3 Å². The van der Waals surface area contributed by atoms with Crippen molar-refractivity contribution in [3.05, 3.63) is 34.3 Å². The second kappa shape index (κ2) is 7.34. The Labute approximate surface area is 128 Å². The van der Waals surface area contributed by atoms with Gasteiger partial charge in [0.1, 0.15) is 0 Å². The van der Waals surface area contributed by atoms with Crippen LogP contribution in [0.2, 0.25) is 0 Å². The van der Waals surface area contributed by atoms with E-state index < -0.39 is 0 Å². The second-order valence-electron chi connectivity index (χ2n) is 4.83. The molecule has 0 radical (unpaired) electrons. The highest BCUT2D eigenvalue weighted by Gasteiger charge is 2.22. The van der Waals surface area contributed by atoms with Gasteiger partial charge < -0.3 is 4.90 Å². The maximum atomic E-state index is 12.6. The minimum absolute atomic E-state index is 0.171. The number of benzene rings is 1. The van der Waals surface area contributed by atoms with Crippen molar-refractivity contribution in [1.29, 1.82) is 0 Å². The molecular weight excluding hydrogens is 322 g/mol. The minimum atomic E-state index is 0.171. The molecule has 19 heavy (non-hydrogen) atoms. The molecule has 0 saturated carbocycles. The largest absolute Gasteiger partial charge is 0.338 e. The first kappa shape index (κ1) is 14.9. The Bertz CT molecular complexity index is 438. The summed E-state index contributed by atoms with van der Waals surface area (Å²) in [4.78, 5) is 14.6. The molecule has 2 rings (SSSR count). The average Bonchev–Trinajstić information content (AvgIpc) is 2.64. The van der Waals surface area contributed by atoms with Gasteiger partial charge in [0, 0.05) is 28.4 Å². The van der Waals surface area contributed by atoms with E-state index in [4.69, 9.17) is 0 Å². The van der Waals surface area contributed by atoms with Crippen LogP contribution < -0.4 is 0 Å². The molecule has 0 bridgehead atoms. The summed E-state index contributed by atoms with van der Waals surface area (Å²) in [6.07, 6.45) is 3.60. The predicted molar refractivity (Wildman–Crippen MR) is 85.8 cm³/mol. The van der Waals surface area contributed by atoms with Crippen LogP contribution in [0.15, 0.2) is 28.7 Å². The van der Waals surface area contributed by atoms with Crippen LogP contribution in [0.3, 0.4) is 0 Å². The molecule has 0 N–H and O–H groups in total. The summed E-state index contributed by atoms with van der Waals surface area (Å²) in [5.41, 5.74) is 0.788. The van der Waals surface area contributed by atoms with Crippen molar-refractivity contribution in [2.75, 3.05) is 18.8 Å². The van der Waals surface area contributed by atoms with E-state index in [1.807, 2.05) is 40.9 Å². The lowest BCUT2D eigenvalue weighted by Gasteiger charge is -2.24. The lowest BCUT2D eigenvalue weighted by molar-refractivity contribution is 0.0763. The molecule has 1 heterocycles. The molecule has 1 saturated heterocycles. The molecule has 0 aromatic heterocycles. The molecule has 4 heteroatoms. The fourth-order valence-corrected chi connectivity index (χ4v) is 3.95. The Hall–Kier alpha value is -0.480. The van der Waals surface area contributed by atoms with E-state index in [1.54, 1.807) is 0 Å². The SMILES string of the molecule is CCSC1CCCCN(C(=O)c2cccc(Br)c2)C1. The number of carbonyl (C=O) groups excluding carboxylic acids is 1. The van der Waals surface area contributed by atoms with Gasteiger partial charge in [0.15, 0.2) is 0 Å². The third-order valence-electron chi connectivity index (χ3n) is 3.39. The summed E-state index contributed by atoms with van der Waals surface area (Å²) in [7, 11) is 0. The van der Waals surface area contributed by atoms with Crippen molar-refractivity contribution in [2.24, 2.45) is 0 Å². The van der Waals surface area contributed by atoms with Gasteiger partial charge in [0.2, 0.25) is 0 Å². The zero-order valence-corrected chi connectivity index (χ0v) is 13.7. The van der Waals surface area contributed by atoms with Crippen molar-refractivity contribution >= 4 is 33.6 Å². The first-order chi connectivity index (χ1) is 9.20. The van der Waals surface area contributed by atoms with Gasteiger partial charge in [-0.05, 0) is 36.8 Å². The molecule has 1 amide bonds. The van der Waals surface area contributed by atoms with Gasteiger partial charge >= 0.3 is 0 Å². The lowest BCUT2D eigenvalue weighted by atomic mass is 10.2. The molecule has 0 spiro atoms. The van der Waals surface area contributed by atoms with E-state index in [-0.39, 0.29) is 5.91 Å². The van der Waals surface area contributed by atoms with E-state index >= 15 is 0 Å². The first-order valence-electron chi connectivity index (χ1n) is 6.87. The van der Waals surface area contributed by atoms with Crippen LogP contribution in [0.5, 0.6) is 0 Å². The maximum absolute atomic E-state index is 12.6. The Morgan fingerprint density at radius 2 is 2.32 bits per heavy atom. The van der Waals surface area contributed by atoms with E-state index in [0.29, 0.717) is 5.25 Å². The Balaban J connectivity index is 2.08. The highest BCUT2D eigenvalue weighted by molar-refractivity contribution is 9.10. The smallest absolute Gasteiger partial charge is 0.253 e. The summed E-state index contributed by atoms with van der Waals surface area (Å²) in [5, 5.41) is 0.601. The van der Waals surface area contributed by atoms with E-state index in [0.717, 1.165) is 35.3 Å². The molecular formula is C15H20BrNOS. The normalized spacial score (nSPS) is 20.1. The number of amides is 1. The van der Waals surface area contributed by atoms with Crippen LogP contribution in [-0.4, -0.2) is 34.9 Å². The molecule has 104 valence electrons. The van der Waals surface area contributed by atoms with E-state index in [9.17, 15) is 4.79 Å². The number of thioether (sulfide) groups is 1. The number of carbonyl (C=O) groups is 1. The summed E-state index contributed by atoms with van der Waals surface area (Å²) in [6.45, 7) is 3.98. The fourth-order valence-electron chi connectivity index (χ4n) is 2.46. The van der Waals surface area contributed by atoms with Crippen molar-refractivity contribution in [2.45, 2.75) is 31.4 Å². The van der Waals surface area contributed by atoms with Gasteiger partial charge in [0.25, 0.3) is 5.91 Å². The molecule has 1 fully saturated rings. The van der Waals surface area contributed by atoms with Crippen LogP contribution in [0.4, 0.5) is 0 Å². The summed E-state index contributed by atoms with van der Waals surface area (Å²) in [5.74, 6) is 1.30. The van der Waals surface area contributed by atoms with Gasteiger partial charge in [-0.2, -0.15) is 11.8 Å². The molecule has 0 aliphatic carbocycles. The number of nitrogens with zero attached hydrogens (tertiary/aromatic N) is 1. The van der Waals surface area contributed by atoms with Crippen molar-refractivity contribution in [1.82, 2.24) is 4.90 Å². The lowest BCUT2D eigenvalue weighted by Crippen LogP contribution is -2.35. The number of rotatable bonds is 3. The molecule has 1 aliphatic rings. The standard InChI is InChI=1S/C15H20BrNOS/c1-2-19-14-8-3-4-9-17(11-14)15(18)12-6-5-7-13(16)10-12/h5-7,10,14H,2-4,8-9,11H2,1H3. The molecule has 2 nitrogen and oxygen atoms in total. The monoisotopic (exact) mass is 341 g/mol. The highest BCUT2D eigenvalue weighted by Crippen LogP contribution is 2.23. The van der Waals surface area contributed by atoms with E-state index in [1.165, 1.54) is 12.8 Å². The first-order valence-corrected chi connectivity index (χ1v) is 8.71. The molecule has 1 atom stereocenters. The minimum Gasteiger partial charge on any atom is -0.338 e. The van der Waals surface area contributed by atoms with Gasteiger partial charge in [0.05, 0.1) is 0 Å². The van der Waals surface area contributed by atoms with Crippen molar-refractivity contribution in [3.63, 3.8) is 0 Å². The Kier molecular flexibility index (Phi) is 5.76. The predicted octanol–water partition coefficient (Wildman–Crippen LogP) is 4.20. The van der Waals surface area contributed by atoms with Crippen molar-refractivity contribution < 1.29 is 4.79 Å². The Morgan fingerprint density at radius 3 is 3.05 bits per heavy atom. The fraction of sp³-hybridized carbons (Fsp3) is 0.533. The maximum Gasteiger partial charge on any atom is 0.253 e. The quantitative estimate of drug-likeness (QED) is 0.821. The molecule has 1 aliphatic heterocycles. The van der Waals surface area contributed by atoms with Crippen molar-refractivity contribution in [3.8, 4) is 0 Å². The third kappa shape index (κ3) is 4.25. The van der Waals surface area contributed by atoms with Crippen LogP contribution in [-0.2, 0) is 0 Å². The average molecular weight is 342 g/mol. The number of hydrogen-bond acceptors (Lipinski definition) is 2.